The van der Waals surface area contributed by atoms with E-state index in [1.807, 2.05) is 24.1 Å². The van der Waals surface area contributed by atoms with Crippen LogP contribution in [0.25, 0.3) is 0 Å². The molecule has 0 radical (unpaired) electrons. The first-order chi connectivity index (χ1) is 7.68. The molecule has 0 aromatic carbocycles. The Balaban J connectivity index is 1.91. The zero-order chi connectivity index (χ0) is 11.5. The normalized spacial score (nSPS) is 30.6. The van der Waals surface area contributed by atoms with Crippen LogP contribution >= 0.6 is 0 Å². The molecule has 1 heterocycles. The maximum atomic E-state index is 12.2. The van der Waals surface area contributed by atoms with E-state index in [2.05, 4.69) is 0 Å². The highest BCUT2D eigenvalue weighted by molar-refractivity contribution is 5.81. The Bertz CT molecular complexity index is 285. The van der Waals surface area contributed by atoms with Crippen molar-refractivity contribution in [3.05, 3.63) is 12.2 Å². The summed E-state index contributed by atoms with van der Waals surface area (Å²) < 4.78 is 5.30. The van der Waals surface area contributed by atoms with Gasteiger partial charge in [0, 0.05) is 32.3 Å². The van der Waals surface area contributed by atoms with Crippen molar-refractivity contribution in [2.24, 2.45) is 11.7 Å². The highest BCUT2D eigenvalue weighted by atomic mass is 16.5. The second kappa shape index (κ2) is 4.97. The van der Waals surface area contributed by atoms with Crippen molar-refractivity contribution in [1.29, 1.82) is 0 Å². The highest BCUT2D eigenvalue weighted by Gasteiger charge is 2.29. The number of ether oxygens (including phenoxy) is 1. The van der Waals surface area contributed by atoms with E-state index in [1.165, 1.54) is 0 Å². The summed E-state index contributed by atoms with van der Waals surface area (Å²) in [5, 5.41) is 0. The molecule has 0 spiro atoms. The van der Waals surface area contributed by atoms with Crippen LogP contribution in [0.3, 0.4) is 0 Å². The van der Waals surface area contributed by atoms with Gasteiger partial charge in [0.1, 0.15) is 0 Å². The summed E-state index contributed by atoms with van der Waals surface area (Å²) in [6, 6.07) is 0.392. The van der Waals surface area contributed by atoms with Crippen molar-refractivity contribution in [2.75, 3.05) is 20.3 Å². The van der Waals surface area contributed by atoms with E-state index in [4.69, 9.17) is 10.5 Å². The van der Waals surface area contributed by atoms with Gasteiger partial charge in [-0.1, -0.05) is 12.2 Å². The molecule has 2 unspecified atom stereocenters. The van der Waals surface area contributed by atoms with Crippen molar-refractivity contribution >= 4 is 5.91 Å². The molecule has 2 N–H and O–H groups in total. The van der Waals surface area contributed by atoms with Gasteiger partial charge >= 0.3 is 0 Å². The summed E-state index contributed by atoms with van der Waals surface area (Å²) in [6.07, 6.45) is 6.53. The minimum atomic E-state index is -0.0113. The average Bonchev–Trinajstić information content (AvgIpc) is 2.75. The predicted octanol–water partition coefficient (Wildman–Crippen LogP) is 0.527. The van der Waals surface area contributed by atoms with Crippen LogP contribution in [-0.4, -0.2) is 43.2 Å². The number of hydrogen-bond acceptors (Lipinski definition) is 3. The third-order valence-electron chi connectivity index (χ3n) is 3.52. The SMILES string of the molecule is CN(C(=O)C1C=CC(N)C1)C1CCOCC1. The van der Waals surface area contributed by atoms with E-state index >= 15 is 0 Å². The van der Waals surface area contributed by atoms with Gasteiger partial charge in [-0.2, -0.15) is 0 Å². The van der Waals surface area contributed by atoms with Gasteiger partial charge in [0.2, 0.25) is 5.91 Å². The molecule has 2 aliphatic rings. The smallest absolute Gasteiger partial charge is 0.229 e. The van der Waals surface area contributed by atoms with E-state index < -0.39 is 0 Å². The molecule has 1 aliphatic carbocycles. The number of carbonyl (C=O) groups is 1. The number of nitrogens with two attached hydrogens (primary N) is 1. The molecule has 0 aromatic heterocycles. The van der Waals surface area contributed by atoms with Crippen LogP contribution < -0.4 is 5.73 Å². The quantitative estimate of drug-likeness (QED) is 0.696. The first-order valence-electron chi connectivity index (χ1n) is 5.97. The minimum Gasteiger partial charge on any atom is -0.381 e. The Morgan fingerprint density at radius 1 is 1.38 bits per heavy atom. The molecule has 2 atom stereocenters. The van der Waals surface area contributed by atoms with Crippen LogP contribution in [0, 0.1) is 5.92 Å². The van der Waals surface area contributed by atoms with Gasteiger partial charge in [0.15, 0.2) is 0 Å². The summed E-state index contributed by atoms with van der Waals surface area (Å²) in [4.78, 5) is 14.1. The maximum Gasteiger partial charge on any atom is 0.229 e. The molecular weight excluding hydrogens is 204 g/mol. The Hall–Kier alpha value is -0.870. The lowest BCUT2D eigenvalue weighted by molar-refractivity contribution is -0.136. The van der Waals surface area contributed by atoms with Crippen molar-refractivity contribution in [1.82, 2.24) is 4.90 Å². The van der Waals surface area contributed by atoms with E-state index in [0.29, 0.717) is 6.04 Å². The molecule has 0 aromatic rings. The molecule has 1 aliphatic heterocycles. The van der Waals surface area contributed by atoms with E-state index in [0.717, 1.165) is 32.5 Å². The van der Waals surface area contributed by atoms with Gasteiger partial charge < -0.3 is 15.4 Å². The summed E-state index contributed by atoms with van der Waals surface area (Å²) in [7, 11) is 1.90. The van der Waals surface area contributed by atoms with Gasteiger partial charge in [-0.15, -0.1) is 0 Å². The standard InChI is InChI=1S/C12H20N2O2/c1-14(11-4-6-16-7-5-11)12(15)9-2-3-10(13)8-9/h2-3,9-11H,4-8,13H2,1H3. The molecule has 16 heavy (non-hydrogen) atoms. The lowest BCUT2D eigenvalue weighted by Crippen LogP contribution is -2.43. The van der Waals surface area contributed by atoms with Gasteiger partial charge in [0.05, 0.1) is 5.92 Å². The predicted molar refractivity (Wildman–Crippen MR) is 61.8 cm³/mol. The van der Waals surface area contributed by atoms with Crippen LogP contribution in [-0.2, 0) is 9.53 Å². The van der Waals surface area contributed by atoms with E-state index in [-0.39, 0.29) is 17.9 Å². The minimum absolute atomic E-state index is 0.0113. The number of rotatable bonds is 2. The summed E-state index contributed by atoms with van der Waals surface area (Å²) >= 11 is 0. The number of carbonyl (C=O) groups excluding carboxylic acids is 1. The van der Waals surface area contributed by atoms with Gasteiger partial charge in [-0.3, -0.25) is 4.79 Å². The van der Waals surface area contributed by atoms with Gasteiger partial charge in [0.25, 0.3) is 0 Å². The van der Waals surface area contributed by atoms with Crippen LogP contribution in [0.4, 0.5) is 0 Å². The zero-order valence-electron chi connectivity index (χ0n) is 9.76. The van der Waals surface area contributed by atoms with Crippen molar-refractivity contribution in [3.8, 4) is 0 Å². The Kier molecular flexibility index (Phi) is 3.61. The van der Waals surface area contributed by atoms with Crippen LogP contribution in [0.2, 0.25) is 0 Å². The second-order valence-electron chi connectivity index (χ2n) is 4.68. The number of amides is 1. The van der Waals surface area contributed by atoms with Crippen molar-refractivity contribution < 1.29 is 9.53 Å². The third-order valence-corrected chi connectivity index (χ3v) is 3.52. The lowest BCUT2D eigenvalue weighted by Gasteiger charge is -2.32. The lowest BCUT2D eigenvalue weighted by atomic mass is 10.0. The van der Waals surface area contributed by atoms with Gasteiger partial charge in [-0.05, 0) is 19.3 Å². The fourth-order valence-corrected chi connectivity index (χ4v) is 2.42. The molecule has 90 valence electrons. The Morgan fingerprint density at radius 3 is 2.62 bits per heavy atom. The van der Waals surface area contributed by atoms with Crippen LogP contribution in [0.1, 0.15) is 19.3 Å². The molecule has 2 rings (SSSR count). The fraction of sp³-hybridized carbons (Fsp3) is 0.750. The molecule has 0 bridgehead atoms. The molecular formula is C12H20N2O2. The second-order valence-corrected chi connectivity index (χ2v) is 4.68. The molecule has 0 saturated carbocycles. The third kappa shape index (κ3) is 2.44. The van der Waals surface area contributed by atoms with Crippen molar-refractivity contribution in [2.45, 2.75) is 31.3 Å². The molecule has 1 fully saturated rings. The molecule has 1 amide bonds. The first-order valence-corrected chi connectivity index (χ1v) is 5.97. The zero-order valence-corrected chi connectivity index (χ0v) is 9.76. The number of hydrogen-bond donors (Lipinski definition) is 1. The molecule has 4 heteroatoms. The number of nitrogens with zero attached hydrogens (tertiary/aromatic N) is 1. The fourth-order valence-electron chi connectivity index (χ4n) is 2.42. The average molecular weight is 224 g/mol. The van der Waals surface area contributed by atoms with Crippen molar-refractivity contribution in [3.63, 3.8) is 0 Å². The van der Waals surface area contributed by atoms with E-state index in [1.54, 1.807) is 0 Å². The summed E-state index contributed by atoms with van der Waals surface area (Å²) in [5.41, 5.74) is 5.76. The Labute approximate surface area is 96.4 Å². The van der Waals surface area contributed by atoms with Crippen LogP contribution in [0.15, 0.2) is 12.2 Å². The maximum absolute atomic E-state index is 12.2. The molecule has 4 nitrogen and oxygen atoms in total. The highest BCUT2D eigenvalue weighted by Crippen LogP contribution is 2.22. The largest absolute Gasteiger partial charge is 0.381 e. The Morgan fingerprint density at radius 2 is 2.06 bits per heavy atom. The summed E-state index contributed by atoms with van der Waals surface area (Å²) in [5.74, 6) is 0.193. The topological polar surface area (TPSA) is 55.6 Å². The van der Waals surface area contributed by atoms with Crippen LogP contribution in [0.5, 0.6) is 0 Å². The van der Waals surface area contributed by atoms with E-state index in [9.17, 15) is 4.79 Å². The first kappa shape index (κ1) is 11.6. The molecule has 1 saturated heterocycles. The summed E-state index contributed by atoms with van der Waals surface area (Å²) in [6.45, 7) is 1.53. The monoisotopic (exact) mass is 224 g/mol. The van der Waals surface area contributed by atoms with Gasteiger partial charge in [-0.25, -0.2) is 0 Å².